The fourth-order valence-electron chi connectivity index (χ4n) is 2.85. The Morgan fingerprint density at radius 3 is 3.00 bits per heavy atom. The molecule has 90 valence electrons. The Bertz CT molecular complexity index is 457. The van der Waals surface area contributed by atoms with Crippen LogP contribution in [0.4, 0.5) is 0 Å². The van der Waals surface area contributed by atoms with Gasteiger partial charge >= 0.3 is 0 Å². The average Bonchev–Trinajstić information content (AvgIpc) is 2.99. The molecule has 2 aliphatic rings. The van der Waals surface area contributed by atoms with Crippen molar-refractivity contribution in [1.82, 2.24) is 9.80 Å². The largest absolute Gasteiger partial charge is 0.341 e. The maximum atomic E-state index is 12.3. The van der Waals surface area contributed by atoms with Gasteiger partial charge in [-0.15, -0.1) is 0 Å². The summed E-state index contributed by atoms with van der Waals surface area (Å²) in [7, 11) is 1.84. The van der Waals surface area contributed by atoms with E-state index in [0.717, 1.165) is 18.5 Å². The molecule has 2 aliphatic heterocycles. The molecule has 0 radical (unpaired) electrons. The highest BCUT2D eigenvalue weighted by molar-refractivity contribution is 7.08. The second-order valence-electron chi connectivity index (χ2n) is 4.64. The zero-order valence-electron chi connectivity index (χ0n) is 9.63. The highest BCUT2D eigenvalue weighted by Crippen LogP contribution is 2.32. The molecule has 2 fully saturated rings. The molecule has 2 unspecified atom stereocenters. The summed E-state index contributed by atoms with van der Waals surface area (Å²) >= 11 is 1.53. The Hall–Kier alpha value is -1.36. The van der Waals surface area contributed by atoms with Crippen LogP contribution in [0.15, 0.2) is 16.8 Å². The summed E-state index contributed by atoms with van der Waals surface area (Å²) in [4.78, 5) is 27.6. The Morgan fingerprint density at radius 1 is 1.47 bits per heavy atom. The minimum Gasteiger partial charge on any atom is -0.341 e. The molecule has 0 saturated carbocycles. The van der Waals surface area contributed by atoms with Crippen molar-refractivity contribution in [2.45, 2.75) is 24.9 Å². The van der Waals surface area contributed by atoms with Gasteiger partial charge in [0.1, 0.15) is 0 Å². The van der Waals surface area contributed by atoms with E-state index in [4.69, 9.17) is 0 Å². The molecule has 0 aliphatic carbocycles. The van der Waals surface area contributed by atoms with Crippen LogP contribution in [0.5, 0.6) is 0 Å². The van der Waals surface area contributed by atoms with Gasteiger partial charge in [-0.2, -0.15) is 11.3 Å². The van der Waals surface area contributed by atoms with Gasteiger partial charge < -0.3 is 9.80 Å². The summed E-state index contributed by atoms with van der Waals surface area (Å²) in [6.07, 6.45) is 1.39. The fraction of sp³-hybridized carbons (Fsp3) is 0.500. The standard InChI is InChI=1S/C12H14N2O2S/c1-13-9-2-4-14(10(9)6-11(13)15)12(16)8-3-5-17-7-8/h3,5,7,9-10H,2,4,6H2,1H3. The molecule has 2 saturated heterocycles. The van der Waals surface area contributed by atoms with E-state index in [1.165, 1.54) is 11.3 Å². The molecule has 4 nitrogen and oxygen atoms in total. The third-order valence-electron chi connectivity index (χ3n) is 3.81. The molecule has 0 aromatic carbocycles. The van der Waals surface area contributed by atoms with Gasteiger partial charge in [0.05, 0.1) is 17.6 Å². The van der Waals surface area contributed by atoms with Gasteiger partial charge in [-0.3, -0.25) is 9.59 Å². The van der Waals surface area contributed by atoms with E-state index in [-0.39, 0.29) is 23.9 Å². The highest BCUT2D eigenvalue weighted by atomic mass is 32.1. The Balaban J connectivity index is 1.83. The first-order valence-electron chi connectivity index (χ1n) is 5.77. The van der Waals surface area contributed by atoms with E-state index in [1.807, 2.05) is 28.8 Å². The van der Waals surface area contributed by atoms with E-state index < -0.39 is 0 Å². The molecular weight excluding hydrogens is 236 g/mol. The van der Waals surface area contributed by atoms with Crippen molar-refractivity contribution in [1.29, 1.82) is 0 Å². The molecule has 2 atom stereocenters. The summed E-state index contributed by atoms with van der Waals surface area (Å²) in [5.74, 6) is 0.227. The molecule has 0 N–H and O–H groups in total. The monoisotopic (exact) mass is 250 g/mol. The molecule has 2 amide bonds. The van der Waals surface area contributed by atoms with Gasteiger partial charge in [0.2, 0.25) is 5.91 Å². The number of likely N-dealkylation sites (tertiary alicyclic amines) is 2. The van der Waals surface area contributed by atoms with Crippen molar-refractivity contribution in [3.63, 3.8) is 0 Å². The van der Waals surface area contributed by atoms with Crippen LogP contribution in [-0.2, 0) is 4.79 Å². The topological polar surface area (TPSA) is 40.6 Å². The number of amides is 2. The second-order valence-corrected chi connectivity index (χ2v) is 5.42. The normalized spacial score (nSPS) is 27.7. The second kappa shape index (κ2) is 3.84. The van der Waals surface area contributed by atoms with Crippen molar-refractivity contribution in [3.8, 4) is 0 Å². The predicted molar refractivity (Wildman–Crippen MR) is 64.9 cm³/mol. The third kappa shape index (κ3) is 1.57. The predicted octanol–water partition coefficient (Wildman–Crippen LogP) is 1.19. The van der Waals surface area contributed by atoms with Crippen LogP contribution in [0.25, 0.3) is 0 Å². The summed E-state index contributed by atoms with van der Waals surface area (Å²) in [5, 5.41) is 3.78. The smallest absolute Gasteiger partial charge is 0.255 e. The highest BCUT2D eigenvalue weighted by Gasteiger charge is 2.46. The third-order valence-corrected chi connectivity index (χ3v) is 4.50. The maximum Gasteiger partial charge on any atom is 0.255 e. The van der Waals surface area contributed by atoms with E-state index in [9.17, 15) is 9.59 Å². The first kappa shape index (κ1) is 10.8. The van der Waals surface area contributed by atoms with Crippen molar-refractivity contribution >= 4 is 23.2 Å². The van der Waals surface area contributed by atoms with Crippen molar-refractivity contribution in [2.24, 2.45) is 0 Å². The first-order chi connectivity index (χ1) is 8.18. The summed E-state index contributed by atoms with van der Waals surface area (Å²) in [6.45, 7) is 0.766. The Morgan fingerprint density at radius 2 is 2.29 bits per heavy atom. The lowest BCUT2D eigenvalue weighted by atomic mass is 10.1. The average molecular weight is 250 g/mol. The summed E-state index contributed by atoms with van der Waals surface area (Å²) < 4.78 is 0. The minimum atomic E-state index is 0.0712. The van der Waals surface area contributed by atoms with Crippen LogP contribution in [0.2, 0.25) is 0 Å². The van der Waals surface area contributed by atoms with E-state index >= 15 is 0 Å². The van der Waals surface area contributed by atoms with Gasteiger partial charge in [-0.25, -0.2) is 0 Å². The molecular formula is C12H14N2O2S. The van der Waals surface area contributed by atoms with Gasteiger partial charge in [0.15, 0.2) is 0 Å². The van der Waals surface area contributed by atoms with Crippen LogP contribution in [0, 0.1) is 0 Å². The number of likely N-dealkylation sites (N-methyl/N-ethyl adjacent to an activating group) is 1. The number of fused-ring (bicyclic) bond motifs is 1. The lowest BCUT2D eigenvalue weighted by molar-refractivity contribution is -0.127. The lowest BCUT2D eigenvalue weighted by Crippen LogP contribution is -2.38. The maximum absolute atomic E-state index is 12.3. The number of rotatable bonds is 1. The SMILES string of the molecule is CN1C(=O)CC2C1CCN2C(=O)c1ccsc1. The number of hydrogen-bond acceptors (Lipinski definition) is 3. The number of hydrogen-bond donors (Lipinski definition) is 0. The molecule has 3 rings (SSSR count). The minimum absolute atomic E-state index is 0.0712. The molecule has 1 aromatic heterocycles. The van der Waals surface area contributed by atoms with Gasteiger partial charge in [0, 0.05) is 25.4 Å². The van der Waals surface area contributed by atoms with Crippen LogP contribution < -0.4 is 0 Å². The quantitative estimate of drug-likeness (QED) is 0.751. The molecule has 3 heterocycles. The van der Waals surface area contributed by atoms with Crippen molar-refractivity contribution < 1.29 is 9.59 Å². The Labute approximate surface area is 104 Å². The summed E-state index contributed by atoms with van der Waals surface area (Å²) in [5.41, 5.74) is 0.748. The van der Waals surface area contributed by atoms with Crippen LogP contribution in [-0.4, -0.2) is 47.3 Å². The number of nitrogens with zero attached hydrogens (tertiary/aromatic N) is 2. The van der Waals surface area contributed by atoms with Gasteiger partial charge in [0.25, 0.3) is 5.91 Å². The molecule has 0 bridgehead atoms. The van der Waals surface area contributed by atoms with Crippen molar-refractivity contribution in [2.75, 3.05) is 13.6 Å². The van der Waals surface area contributed by atoms with Gasteiger partial charge in [-0.05, 0) is 17.9 Å². The number of carbonyl (C=O) groups excluding carboxylic acids is 2. The van der Waals surface area contributed by atoms with Crippen LogP contribution in [0.1, 0.15) is 23.2 Å². The lowest BCUT2D eigenvalue weighted by Gasteiger charge is -2.23. The zero-order valence-corrected chi connectivity index (χ0v) is 10.4. The van der Waals surface area contributed by atoms with Crippen molar-refractivity contribution in [3.05, 3.63) is 22.4 Å². The molecule has 17 heavy (non-hydrogen) atoms. The molecule has 1 aromatic rings. The van der Waals surface area contributed by atoms with E-state index in [0.29, 0.717) is 6.42 Å². The van der Waals surface area contributed by atoms with Crippen LogP contribution >= 0.6 is 11.3 Å². The molecule has 0 spiro atoms. The summed E-state index contributed by atoms with van der Waals surface area (Å²) in [6, 6.07) is 2.16. The van der Waals surface area contributed by atoms with E-state index in [2.05, 4.69) is 0 Å². The number of thiophene rings is 1. The molecule has 5 heteroatoms. The number of carbonyl (C=O) groups is 2. The Kier molecular flexibility index (Phi) is 2.43. The van der Waals surface area contributed by atoms with Gasteiger partial charge in [-0.1, -0.05) is 0 Å². The van der Waals surface area contributed by atoms with E-state index in [1.54, 1.807) is 4.90 Å². The fourth-order valence-corrected chi connectivity index (χ4v) is 3.48. The first-order valence-corrected chi connectivity index (χ1v) is 6.71. The van der Waals surface area contributed by atoms with Crippen LogP contribution in [0.3, 0.4) is 0 Å². The zero-order chi connectivity index (χ0) is 12.0.